The number of primary amides is 1. The molecule has 1 fully saturated rings. The van der Waals surface area contributed by atoms with Gasteiger partial charge in [-0.05, 0) is 32.4 Å². The number of nitrogens with two attached hydrogens (primary N) is 1. The number of hydrogen-bond donors (Lipinski definition) is 2. The van der Waals surface area contributed by atoms with Crippen molar-refractivity contribution in [3.63, 3.8) is 0 Å². The summed E-state index contributed by atoms with van der Waals surface area (Å²) in [6.07, 6.45) is 4.22. The minimum Gasteiger partial charge on any atom is -0.364 e. The lowest BCUT2D eigenvalue weighted by Crippen LogP contribution is -2.33. The quantitative estimate of drug-likeness (QED) is 0.899. The number of carbonyl (C=O) groups excluding carboxylic acids is 1. The van der Waals surface area contributed by atoms with Crippen LogP contribution in [0.2, 0.25) is 0 Å². The first-order valence-corrected chi connectivity index (χ1v) is 7.92. The second-order valence-corrected chi connectivity index (χ2v) is 6.81. The first-order valence-electron chi connectivity index (χ1n) is 7.10. The number of hydrogen-bond acceptors (Lipinski definition) is 5. The van der Waals surface area contributed by atoms with E-state index in [0.29, 0.717) is 11.6 Å². The summed E-state index contributed by atoms with van der Waals surface area (Å²) in [6, 6.07) is 1.79. The zero-order valence-corrected chi connectivity index (χ0v) is 12.8. The number of amides is 1. The molecule has 1 aliphatic heterocycles. The third-order valence-electron chi connectivity index (χ3n) is 3.84. The van der Waals surface area contributed by atoms with Gasteiger partial charge in [-0.3, -0.25) is 14.8 Å². The molecule has 3 N–H and O–H groups in total. The maximum atomic E-state index is 11.1. The Morgan fingerprint density at radius 2 is 2.48 bits per heavy atom. The second kappa shape index (κ2) is 5.95. The monoisotopic (exact) mass is 305 g/mol. The molecule has 3 heterocycles. The first-order chi connectivity index (χ1) is 10.1. The molecule has 2 aromatic rings. The zero-order chi connectivity index (χ0) is 14.8. The van der Waals surface area contributed by atoms with E-state index >= 15 is 0 Å². The van der Waals surface area contributed by atoms with Gasteiger partial charge in [0.05, 0.1) is 5.01 Å². The van der Waals surface area contributed by atoms with Crippen LogP contribution in [-0.2, 0) is 6.54 Å². The standard InChI is InChI=1S/C14H19N5OS/c1-9-16-6-11(21-9)8-19-4-2-3-10(7-19)12-5-13(14(15)20)18-17-12/h5-6,10H,2-4,7-8H2,1H3,(H2,15,20)(H,17,18)/t10-/m0/s1. The first kappa shape index (κ1) is 14.2. The predicted molar refractivity (Wildman–Crippen MR) is 81.2 cm³/mol. The number of aromatic amines is 1. The molecule has 1 aliphatic rings. The molecule has 0 radical (unpaired) electrons. The van der Waals surface area contributed by atoms with Crippen LogP contribution in [0.5, 0.6) is 0 Å². The number of carbonyl (C=O) groups is 1. The van der Waals surface area contributed by atoms with Crippen LogP contribution >= 0.6 is 11.3 Å². The van der Waals surface area contributed by atoms with E-state index in [1.165, 1.54) is 4.88 Å². The highest BCUT2D eigenvalue weighted by Gasteiger charge is 2.24. The van der Waals surface area contributed by atoms with Gasteiger partial charge in [0, 0.05) is 35.8 Å². The Labute approximate surface area is 127 Å². The van der Waals surface area contributed by atoms with Crippen molar-refractivity contribution in [2.24, 2.45) is 5.73 Å². The summed E-state index contributed by atoms with van der Waals surface area (Å²) in [5.74, 6) is -0.0985. The summed E-state index contributed by atoms with van der Waals surface area (Å²) in [5.41, 5.74) is 6.58. The smallest absolute Gasteiger partial charge is 0.269 e. The van der Waals surface area contributed by atoms with Crippen molar-refractivity contribution in [3.05, 3.63) is 33.5 Å². The van der Waals surface area contributed by atoms with E-state index in [2.05, 4.69) is 20.1 Å². The van der Waals surface area contributed by atoms with E-state index in [9.17, 15) is 4.79 Å². The Morgan fingerprint density at radius 3 is 3.14 bits per heavy atom. The van der Waals surface area contributed by atoms with Crippen LogP contribution in [0.1, 0.15) is 44.8 Å². The van der Waals surface area contributed by atoms with Crippen molar-refractivity contribution in [3.8, 4) is 0 Å². The molecule has 1 atom stereocenters. The lowest BCUT2D eigenvalue weighted by atomic mass is 9.94. The van der Waals surface area contributed by atoms with E-state index < -0.39 is 5.91 Å². The van der Waals surface area contributed by atoms with Crippen molar-refractivity contribution in [2.45, 2.75) is 32.2 Å². The molecule has 0 bridgehead atoms. The highest BCUT2D eigenvalue weighted by molar-refractivity contribution is 7.11. The van der Waals surface area contributed by atoms with E-state index in [1.807, 2.05) is 13.1 Å². The van der Waals surface area contributed by atoms with Crippen molar-refractivity contribution in [2.75, 3.05) is 13.1 Å². The molecule has 0 unspecified atom stereocenters. The number of piperidine rings is 1. The lowest BCUT2D eigenvalue weighted by Gasteiger charge is -2.31. The number of aryl methyl sites for hydroxylation is 1. The Balaban J connectivity index is 1.66. The fraction of sp³-hybridized carbons (Fsp3) is 0.500. The highest BCUT2D eigenvalue weighted by atomic mass is 32.1. The molecule has 1 saturated heterocycles. The number of likely N-dealkylation sites (tertiary alicyclic amines) is 1. The molecule has 7 heteroatoms. The maximum absolute atomic E-state index is 11.1. The molecule has 0 saturated carbocycles. The molecule has 0 aliphatic carbocycles. The molecule has 6 nitrogen and oxygen atoms in total. The molecular weight excluding hydrogens is 286 g/mol. The summed E-state index contributed by atoms with van der Waals surface area (Å²) in [4.78, 5) is 19.2. The van der Waals surface area contributed by atoms with Crippen LogP contribution in [-0.4, -0.2) is 39.1 Å². The van der Waals surface area contributed by atoms with Crippen LogP contribution in [0.25, 0.3) is 0 Å². The van der Waals surface area contributed by atoms with Crippen molar-refractivity contribution >= 4 is 17.2 Å². The van der Waals surface area contributed by atoms with Crippen LogP contribution in [0.15, 0.2) is 12.3 Å². The van der Waals surface area contributed by atoms with Gasteiger partial charge in [-0.1, -0.05) is 0 Å². The number of H-pyrrole nitrogens is 1. The van der Waals surface area contributed by atoms with Crippen LogP contribution in [0, 0.1) is 6.92 Å². The molecule has 0 aromatic carbocycles. The molecule has 1 amide bonds. The molecule has 2 aromatic heterocycles. The van der Waals surface area contributed by atoms with Gasteiger partial charge < -0.3 is 5.73 Å². The second-order valence-electron chi connectivity index (χ2n) is 5.49. The van der Waals surface area contributed by atoms with Crippen molar-refractivity contribution in [1.29, 1.82) is 0 Å². The van der Waals surface area contributed by atoms with Crippen molar-refractivity contribution in [1.82, 2.24) is 20.1 Å². The summed E-state index contributed by atoms with van der Waals surface area (Å²) >= 11 is 1.75. The van der Waals surface area contributed by atoms with Gasteiger partial charge in [0.25, 0.3) is 5.91 Å². The normalized spacial score (nSPS) is 19.8. The minimum absolute atomic E-state index is 0.320. The molecule has 0 spiro atoms. The highest BCUT2D eigenvalue weighted by Crippen LogP contribution is 2.27. The van der Waals surface area contributed by atoms with Crippen LogP contribution in [0.4, 0.5) is 0 Å². The van der Waals surface area contributed by atoms with E-state index in [0.717, 1.165) is 43.2 Å². The maximum Gasteiger partial charge on any atom is 0.269 e. The summed E-state index contributed by atoms with van der Waals surface area (Å²) < 4.78 is 0. The van der Waals surface area contributed by atoms with Gasteiger partial charge in [-0.25, -0.2) is 4.98 Å². The molecule has 21 heavy (non-hydrogen) atoms. The van der Waals surface area contributed by atoms with E-state index in [-0.39, 0.29) is 0 Å². The van der Waals surface area contributed by atoms with Gasteiger partial charge in [0.2, 0.25) is 0 Å². The van der Waals surface area contributed by atoms with Gasteiger partial charge in [0.15, 0.2) is 0 Å². The Hall–Kier alpha value is -1.73. The van der Waals surface area contributed by atoms with Crippen LogP contribution < -0.4 is 5.73 Å². The number of nitrogens with zero attached hydrogens (tertiary/aromatic N) is 3. The molecule has 112 valence electrons. The largest absolute Gasteiger partial charge is 0.364 e. The Morgan fingerprint density at radius 1 is 1.62 bits per heavy atom. The zero-order valence-electron chi connectivity index (χ0n) is 12.0. The van der Waals surface area contributed by atoms with E-state index in [1.54, 1.807) is 17.4 Å². The summed E-state index contributed by atoms with van der Waals surface area (Å²) in [6.45, 7) is 5.05. The lowest BCUT2D eigenvalue weighted by molar-refractivity contribution is 0.0995. The van der Waals surface area contributed by atoms with Gasteiger partial charge in [-0.2, -0.15) is 5.10 Å². The fourth-order valence-corrected chi connectivity index (χ4v) is 3.66. The number of aromatic nitrogens is 3. The minimum atomic E-state index is -0.481. The summed E-state index contributed by atoms with van der Waals surface area (Å²) in [5, 5.41) is 8.04. The van der Waals surface area contributed by atoms with Gasteiger partial charge in [0.1, 0.15) is 5.69 Å². The van der Waals surface area contributed by atoms with Gasteiger partial charge >= 0.3 is 0 Å². The average Bonchev–Trinajstić information content (AvgIpc) is 3.08. The number of thiazole rings is 1. The topological polar surface area (TPSA) is 87.9 Å². The van der Waals surface area contributed by atoms with Crippen molar-refractivity contribution < 1.29 is 4.79 Å². The fourth-order valence-electron chi connectivity index (χ4n) is 2.82. The number of rotatable bonds is 4. The predicted octanol–water partition coefficient (Wildman–Crippen LogP) is 1.65. The molecular formula is C14H19N5OS. The van der Waals surface area contributed by atoms with Crippen LogP contribution in [0.3, 0.4) is 0 Å². The average molecular weight is 305 g/mol. The summed E-state index contributed by atoms with van der Waals surface area (Å²) in [7, 11) is 0. The Kier molecular flexibility index (Phi) is 4.03. The third-order valence-corrected chi connectivity index (χ3v) is 4.74. The SMILES string of the molecule is Cc1ncc(CN2CCC[C@H](c3cc(C(N)=O)n[nH]3)C2)s1. The van der Waals surface area contributed by atoms with E-state index in [4.69, 9.17) is 5.73 Å². The third kappa shape index (κ3) is 3.30. The van der Waals surface area contributed by atoms with Gasteiger partial charge in [-0.15, -0.1) is 11.3 Å². The molecule has 3 rings (SSSR count). The Bertz CT molecular complexity index is 635. The number of nitrogens with one attached hydrogen (secondary N) is 1.